The molecule has 0 aliphatic heterocycles. The van der Waals surface area contributed by atoms with Crippen LogP contribution in [0, 0.1) is 11.8 Å². The number of amides is 2. The van der Waals surface area contributed by atoms with E-state index in [2.05, 4.69) is 15.6 Å². The van der Waals surface area contributed by atoms with Crippen molar-refractivity contribution in [1.29, 1.82) is 0 Å². The number of rotatable bonds is 5. The Hall–Kier alpha value is -2.11. The summed E-state index contributed by atoms with van der Waals surface area (Å²) in [4.78, 5) is 26.8. The molecule has 6 heteroatoms. The minimum atomic E-state index is -0.751. The molecule has 1 aliphatic carbocycles. The first-order valence-electron chi connectivity index (χ1n) is 7.30. The van der Waals surface area contributed by atoms with Crippen molar-refractivity contribution in [2.75, 3.05) is 6.54 Å². The molecular weight excluding hydrogens is 270 g/mol. The lowest BCUT2D eigenvalue weighted by atomic mass is 9.79. The Labute approximate surface area is 124 Å². The molecule has 1 aromatic rings. The maximum Gasteiger partial charge on any atom is 0.315 e. The highest BCUT2D eigenvalue weighted by Gasteiger charge is 2.30. The third-order valence-electron chi connectivity index (χ3n) is 3.95. The number of carbonyl (C=O) groups is 2. The molecule has 2 rings (SSSR count). The van der Waals surface area contributed by atoms with Gasteiger partial charge in [-0.05, 0) is 36.5 Å². The molecule has 2 unspecified atom stereocenters. The fourth-order valence-corrected chi connectivity index (χ4v) is 2.75. The number of hydrogen-bond acceptors (Lipinski definition) is 3. The molecule has 0 aromatic carbocycles. The molecule has 2 atom stereocenters. The fraction of sp³-hybridized carbons (Fsp3) is 0.533. The molecule has 2 amide bonds. The van der Waals surface area contributed by atoms with Gasteiger partial charge in [-0.25, -0.2) is 4.79 Å². The first-order valence-corrected chi connectivity index (χ1v) is 7.30. The standard InChI is InChI=1S/C15H21N3O3/c19-14(20)13-4-2-1-3-12(13)10-18-15(21)17-9-11-5-7-16-8-6-11/h5-8,12-13H,1-4,9-10H2,(H,19,20)(H2,17,18,21). The van der Waals surface area contributed by atoms with E-state index in [1.165, 1.54) is 0 Å². The van der Waals surface area contributed by atoms with Gasteiger partial charge in [-0.1, -0.05) is 12.8 Å². The number of aliphatic carboxylic acids is 1. The van der Waals surface area contributed by atoms with Gasteiger partial charge in [-0.2, -0.15) is 0 Å². The van der Waals surface area contributed by atoms with Crippen molar-refractivity contribution in [2.45, 2.75) is 32.2 Å². The highest BCUT2D eigenvalue weighted by Crippen LogP contribution is 2.29. The lowest BCUT2D eigenvalue weighted by molar-refractivity contribution is -0.144. The second-order valence-electron chi connectivity index (χ2n) is 5.41. The lowest BCUT2D eigenvalue weighted by Gasteiger charge is -2.28. The van der Waals surface area contributed by atoms with Gasteiger partial charge in [-0.15, -0.1) is 0 Å². The van der Waals surface area contributed by atoms with E-state index >= 15 is 0 Å². The van der Waals surface area contributed by atoms with Gasteiger partial charge in [-0.3, -0.25) is 9.78 Å². The SMILES string of the molecule is O=C(NCc1ccncc1)NCC1CCCCC1C(=O)O. The van der Waals surface area contributed by atoms with E-state index in [1.807, 2.05) is 12.1 Å². The van der Waals surface area contributed by atoms with Crippen LogP contribution in [0.1, 0.15) is 31.2 Å². The predicted octanol–water partition coefficient (Wildman–Crippen LogP) is 1.77. The number of nitrogens with zero attached hydrogens (tertiary/aromatic N) is 1. The largest absolute Gasteiger partial charge is 0.481 e. The van der Waals surface area contributed by atoms with Crippen LogP contribution in [0.5, 0.6) is 0 Å². The van der Waals surface area contributed by atoms with Gasteiger partial charge in [0.05, 0.1) is 5.92 Å². The van der Waals surface area contributed by atoms with Crippen molar-refractivity contribution in [3.8, 4) is 0 Å². The molecule has 0 saturated heterocycles. The molecule has 1 heterocycles. The summed E-state index contributed by atoms with van der Waals surface area (Å²) in [6.45, 7) is 0.848. The third kappa shape index (κ3) is 4.73. The topological polar surface area (TPSA) is 91.3 Å². The molecular formula is C15H21N3O3. The number of nitrogens with one attached hydrogen (secondary N) is 2. The van der Waals surface area contributed by atoms with Crippen LogP contribution in [0.25, 0.3) is 0 Å². The Balaban J connectivity index is 1.74. The van der Waals surface area contributed by atoms with E-state index in [0.29, 0.717) is 19.5 Å². The minimum Gasteiger partial charge on any atom is -0.481 e. The quantitative estimate of drug-likeness (QED) is 0.771. The Kier molecular flexibility index (Phi) is 5.54. The number of carboxylic acid groups (broad SMARTS) is 1. The molecule has 1 aliphatic rings. The van der Waals surface area contributed by atoms with E-state index in [4.69, 9.17) is 0 Å². The molecule has 1 aromatic heterocycles. The van der Waals surface area contributed by atoms with Crippen LogP contribution >= 0.6 is 0 Å². The van der Waals surface area contributed by atoms with Crippen molar-refractivity contribution >= 4 is 12.0 Å². The van der Waals surface area contributed by atoms with Crippen LogP contribution in [0.3, 0.4) is 0 Å². The number of carboxylic acids is 1. The maximum absolute atomic E-state index is 11.8. The van der Waals surface area contributed by atoms with Crippen LogP contribution in [0.4, 0.5) is 4.79 Å². The van der Waals surface area contributed by atoms with Crippen molar-refractivity contribution in [2.24, 2.45) is 11.8 Å². The Morgan fingerprint density at radius 1 is 1.19 bits per heavy atom. The van der Waals surface area contributed by atoms with Gasteiger partial charge in [0.2, 0.25) is 0 Å². The molecule has 3 N–H and O–H groups in total. The number of carbonyl (C=O) groups excluding carboxylic acids is 1. The summed E-state index contributed by atoms with van der Waals surface area (Å²) in [6.07, 6.45) is 6.92. The number of aromatic nitrogens is 1. The summed E-state index contributed by atoms with van der Waals surface area (Å²) in [7, 11) is 0. The van der Waals surface area contributed by atoms with Crippen LogP contribution in [-0.4, -0.2) is 28.6 Å². The summed E-state index contributed by atoms with van der Waals surface area (Å²) in [6, 6.07) is 3.41. The summed E-state index contributed by atoms with van der Waals surface area (Å²) in [5.41, 5.74) is 0.973. The average molecular weight is 291 g/mol. The molecule has 0 bridgehead atoms. The minimum absolute atomic E-state index is 0.0305. The second-order valence-corrected chi connectivity index (χ2v) is 5.41. The van der Waals surface area contributed by atoms with E-state index in [1.54, 1.807) is 12.4 Å². The van der Waals surface area contributed by atoms with Gasteiger partial charge in [0.25, 0.3) is 0 Å². The van der Waals surface area contributed by atoms with Crippen LogP contribution in [0.2, 0.25) is 0 Å². The fourth-order valence-electron chi connectivity index (χ4n) is 2.75. The van der Waals surface area contributed by atoms with Gasteiger partial charge in [0, 0.05) is 25.5 Å². The van der Waals surface area contributed by atoms with Crippen molar-refractivity contribution in [1.82, 2.24) is 15.6 Å². The Morgan fingerprint density at radius 2 is 1.90 bits per heavy atom. The first-order chi connectivity index (χ1) is 10.2. The van der Waals surface area contributed by atoms with Crippen LogP contribution in [0.15, 0.2) is 24.5 Å². The molecule has 0 radical (unpaired) electrons. The summed E-state index contributed by atoms with van der Waals surface area (Å²) >= 11 is 0. The zero-order valence-corrected chi connectivity index (χ0v) is 11.9. The molecule has 1 saturated carbocycles. The second kappa shape index (κ2) is 7.61. The zero-order chi connectivity index (χ0) is 15.1. The van der Waals surface area contributed by atoms with Crippen molar-refractivity contribution in [3.63, 3.8) is 0 Å². The monoisotopic (exact) mass is 291 g/mol. The summed E-state index contributed by atoms with van der Waals surface area (Å²) < 4.78 is 0. The van der Waals surface area contributed by atoms with Crippen LogP contribution < -0.4 is 10.6 Å². The number of urea groups is 1. The van der Waals surface area contributed by atoms with Gasteiger partial charge in [0.1, 0.15) is 0 Å². The van der Waals surface area contributed by atoms with Crippen LogP contribution in [-0.2, 0) is 11.3 Å². The number of pyridine rings is 1. The Morgan fingerprint density at radius 3 is 2.62 bits per heavy atom. The van der Waals surface area contributed by atoms with E-state index in [-0.39, 0.29) is 17.9 Å². The predicted molar refractivity (Wildman–Crippen MR) is 77.6 cm³/mol. The van der Waals surface area contributed by atoms with E-state index in [0.717, 1.165) is 24.8 Å². The van der Waals surface area contributed by atoms with Gasteiger partial charge >= 0.3 is 12.0 Å². The average Bonchev–Trinajstić information content (AvgIpc) is 2.52. The van der Waals surface area contributed by atoms with Gasteiger partial charge < -0.3 is 15.7 Å². The van der Waals surface area contributed by atoms with Gasteiger partial charge in [0.15, 0.2) is 0 Å². The summed E-state index contributed by atoms with van der Waals surface area (Å²) in [5.74, 6) is -1.05. The first kappa shape index (κ1) is 15.3. The molecule has 114 valence electrons. The number of hydrogen-bond donors (Lipinski definition) is 3. The summed E-state index contributed by atoms with van der Waals surface area (Å²) in [5, 5.41) is 14.7. The third-order valence-corrected chi connectivity index (χ3v) is 3.95. The zero-order valence-electron chi connectivity index (χ0n) is 11.9. The molecule has 0 spiro atoms. The maximum atomic E-state index is 11.8. The molecule has 1 fully saturated rings. The highest BCUT2D eigenvalue weighted by atomic mass is 16.4. The smallest absolute Gasteiger partial charge is 0.315 e. The van der Waals surface area contributed by atoms with E-state index < -0.39 is 5.97 Å². The molecule has 6 nitrogen and oxygen atoms in total. The lowest BCUT2D eigenvalue weighted by Crippen LogP contribution is -2.41. The normalized spacial score (nSPS) is 21.5. The Bertz CT molecular complexity index is 478. The van der Waals surface area contributed by atoms with Crippen molar-refractivity contribution in [3.05, 3.63) is 30.1 Å². The highest BCUT2D eigenvalue weighted by molar-refractivity contribution is 5.74. The van der Waals surface area contributed by atoms with Crippen molar-refractivity contribution < 1.29 is 14.7 Å². The molecule has 21 heavy (non-hydrogen) atoms. The van der Waals surface area contributed by atoms with E-state index in [9.17, 15) is 14.7 Å².